The molecule has 3 N–H and O–H groups in total. The van der Waals surface area contributed by atoms with E-state index >= 15 is 0 Å². The number of anilines is 3. The van der Waals surface area contributed by atoms with Gasteiger partial charge in [0, 0.05) is 19.6 Å². The highest BCUT2D eigenvalue weighted by Gasteiger charge is 2.14. The first-order valence-electron chi connectivity index (χ1n) is 10.6. The molecule has 0 amide bonds. The van der Waals surface area contributed by atoms with Crippen LogP contribution >= 0.6 is 11.3 Å². The second kappa shape index (κ2) is 10.3. The molecule has 1 fully saturated rings. The summed E-state index contributed by atoms with van der Waals surface area (Å²) in [5.74, 6) is 1.62. The van der Waals surface area contributed by atoms with Crippen molar-refractivity contribution in [3.8, 4) is 28.5 Å². The smallest absolute Gasteiger partial charge is 0.216 e. The highest BCUT2D eigenvalue weighted by Crippen LogP contribution is 2.29. The fourth-order valence-corrected chi connectivity index (χ4v) is 4.19. The molecule has 1 aliphatic rings. The van der Waals surface area contributed by atoms with Gasteiger partial charge >= 0.3 is 0 Å². The zero-order valence-corrected chi connectivity index (χ0v) is 18.9. The van der Waals surface area contributed by atoms with E-state index in [0.29, 0.717) is 22.6 Å². The van der Waals surface area contributed by atoms with Gasteiger partial charge in [0.15, 0.2) is 5.13 Å². The summed E-state index contributed by atoms with van der Waals surface area (Å²) in [6, 6.07) is 15.9. The van der Waals surface area contributed by atoms with E-state index in [2.05, 4.69) is 47.0 Å². The van der Waals surface area contributed by atoms with E-state index in [-0.39, 0.29) is 0 Å². The first-order valence-corrected chi connectivity index (χ1v) is 11.4. The van der Waals surface area contributed by atoms with Crippen molar-refractivity contribution in [2.45, 2.75) is 6.54 Å². The second-order valence-electron chi connectivity index (χ2n) is 7.39. The molecule has 34 heavy (non-hydrogen) atoms. The predicted octanol–water partition coefficient (Wildman–Crippen LogP) is 2.46. The molecule has 1 aromatic carbocycles. The Balaban J connectivity index is 1.34. The van der Waals surface area contributed by atoms with Crippen LogP contribution in [-0.4, -0.2) is 66.5 Å². The minimum atomic E-state index is 0.490. The number of thiazole rings is 1. The molecule has 0 aliphatic carbocycles. The summed E-state index contributed by atoms with van der Waals surface area (Å²) in [6.45, 7) is 3.94. The van der Waals surface area contributed by atoms with Gasteiger partial charge in [0.1, 0.15) is 17.7 Å². The van der Waals surface area contributed by atoms with Crippen molar-refractivity contribution in [1.29, 1.82) is 0 Å². The van der Waals surface area contributed by atoms with Crippen LogP contribution in [0.1, 0.15) is 5.56 Å². The van der Waals surface area contributed by atoms with E-state index in [0.717, 1.165) is 49.0 Å². The summed E-state index contributed by atoms with van der Waals surface area (Å²) in [5.41, 5.74) is 1.88. The maximum atomic E-state index is 8.83. The highest BCUT2D eigenvalue weighted by atomic mass is 32.1. The number of aliphatic hydroxyl groups excluding tert-OH is 1. The molecule has 4 aromatic rings. The number of para-hydroxylation sites is 1. The van der Waals surface area contributed by atoms with E-state index in [1.807, 2.05) is 48.6 Å². The van der Waals surface area contributed by atoms with Crippen LogP contribution in [0.2, 0.25) is 0 Å². The van der Waals surface area contributed by atoms with Gasteiger partial charge in [-0.15, -0.1) is 15.0 Å². The zero-order valence-electron chi connectivity index (χ0n) is 18.0. The quantitative estimate of drug-likeness (QED) is 0.271. The minimum Gasteiger partial charge on any atom is -0.461 e. The summed E-state index contributed by atoms with van der Waals surface area (Å²) in [6.07, 6.45) is 3.54. The first-order chi connectivity index (χ1) is 16.8. The number of nitrogens with one attached hydrogen (secondary N) is 2. The number of aromatic nitrogens is 6. The second-order valence-corrected chi connectivity index (χ2v) is 8.42. The molecule has 5 rings (SSSR count). The molecule has 12 heteroatoms. The van der Waals surface area contributed by atoms with E-state index < -0.39 is 0 Å². The molecule has 0 atom stereocenters. The number of benzene rings is 1. The van der Waals surface area contributed by atoms with Crippen molar-refractivity contribution in [2.75, 3.05) is 36.9 Å². The number of tetrazole rings is 1. The highest BCUT2D eigenvalue weighted by molar-refractivity contribution is 7.18. The third-order valence-electron chi connectivity index (χ3n) is 5.00. The summed E-state index contributed by atoms with van der Waals surface area (Å²) < 4.78 is 5.43. The Morgan fingerprint density at radius 2 is 1.94 bits per heavy atom. The van der Waals surface area contributed by atoms with Crippen LogP contribution in [0.25, 0.3) is 16.4 Å². The van der Waals surface area contributed by atoms with Gasteiger partial charge < -0.3 is 15.2 Å². The number of rotatable bonds is 7. The Morgan fingerprint density at radius 1 is 1.12 bits per heavy atom. The van der Waals surface area contributed by atoms with Gasteiger partial charge in [-0.05, 0) is 35.0 Å². The van der Waals surface area contributed by atoms with Crippen LogP contribution < -0.4 is 10.6 Å². The number of nitrogens with zero attached hydrogens (tertiary/aromatic N) is 7. The molecule has 0 unspecified atom stereocenters. The van der Waals surface area contributed by atoms with Crippen molar-refractivity contribution in [3.63, 3.8) is 0 Å². The van der Waals surface area contributed by atoms with Crippen LogP contribution in [0.3, 0.4) is 0 Å². The molecular weight excluding hydrogens is 454 g/mol. The molecule has 0 radical (unpaired) electrons. The van der Waals surface area contributed by atoms with Gasteiger partial charge in [-0.25, -0.2) is 9.97 Å². The van der Waals surface area contributed by atoms with Gasteiger partial charge in [-0.3, -0.25) is 10.2 Å². The molecule has 0 saturated carbocycles. The maximum Gasteiger partial charge on any atom is 0.216 e. The number of pyridine rings is 1. The van der Waals surface area contributed by atoms with Gasteiger partial charge in [-0.1, -0.05) is 29.5 Å². The third-order valence-corrected chi connectivity index (χ3v) is 5.91. The molecule has 1 saturated heterocycles. The van der Waals surface area contributed by atoms with Gasteiger partial charge in [0.2, 0.25) is 5.82 Å². The molecule has 172 valence electrons. The lowest BCUT2D eigenvalue weighted by atomic mass is 10.2. The predicted molar refractivity (Wildman–Crippen MR) is 127 cm³/mol. The van der Waals surface area contributed by atoms with E-state index in [9.17, 15) is 0 Å². The SMILES string of the molecule is OC#CNc1cc(CN2CCOCC2)cc(Nc2ncc(-c3nnn(-c4ccccc4)n3)s2)n1. The lowest BCUT2D eigenvalue weighted by Crippen LogP contribution is -2.35. The molecule has 3 aromatic heterocycles. The summed E-state index contributed by atoms with van der Waals surface area (Å²) in [4.78, 5) is 13.5. The van der Waals surface area contributed by atoms with Gasteiger partial charge in [-0.2, -0.15) is 0 Å². The largest absolute Gasteiger partial charge is 0.461 e. The summed E-state index contributed by atoms with van der Waals surface area (Å²) >= 11 is 1.40. The Bertz CT molecular complexity index is 1310. The van der Waals surface area contributed by atoms with Crippen LogP contribution in [0.4, 0.5) is 16.8 Å². The normalized spacial score (nSPS) is 13.8. The molecule has 4 heterocycles. The number of hydrogen-bond donors (Lipinski definition) is 3. The Labute approximate surface area is 199 Å². The first kappa shape index (κ1) is 21.8. The third kappa shape index (κ3) is 5.29. The van der Waals surface area contributed by atoms with E-state index in [1.165, 1.54) is 16.1 Å². The Hall–Kier alpha value is -4.05. The van der Waals surface area contributed by atoms with Crippen LogP contribution in [0, 0.1) is 12.2 Å². The molecule has 11 nitrogen and oxygen atoms in total. The van der Waals surface area contributed by atoms with Crippen molar-refractivity contribution < 1.29 is 9.84 Å². The lowest BCUT2D eigenvalue weighted by molar-refractivity contribution is 0.0342. The molecule has 0 spiro atoms. The Morgan fingerprint density at radius 3 is 2.76 bits per heavy atom. The average molecular weight is 476 g/mol. The number of hydrogen-bond acceptors (Lipinski definition) is 11. The fourth-order valence-electron chi connectivity index (χ4n) is 3.44. The molecule has 0 bridgehead atoms. The van der Waals surface area contributed by atoms with Crippen LogP contribution in [-0.2, 0) is 11.3 Å². The topological polar surface area (TPSA) is 126 Å². The van der Waals surface area contributed by atoms with Crippen molar-refractivity contribution in [2.24, 2.45) is 0 Å². The summed E-state index contributed by atoms with van der Waals surface area (Å²) in [5, 5.41) is 28.3. The average Bonchev–Trinajstić information content (AvgIpc) is 3.54. The number of morpholine rings is 1. The lowest BCUT2D eigenvalue weighted by Gasteiger charge is -2.26. The van der Waals surface area contributed by atoms with Gasteiger partial charge in [0.25, 0.3) is 0 Å². The minimum absolute atomic E-state index is 0.490. The van der Waals surface area contributed by atoms with Crippen molar-refractivity contribution in [1.82, 2.24) is 35.1 Å². The van der Waals surface area contributed by atoms with Crippen LogP contribution in [0.5, 0.6) is 0 Å². The van der Waals surface area contributed by atoms with E-state index in [1.54, 1.807) is 6.20 Å². The van der Waals surface area contributed by atoms with Crippen molar-refractivity contribution in [3.05, 3.63) is 54.2 Å². The molecule has 1 aliphatic heterocycles. The zero-order chi connectivity index (χ0) is 23.2. The summed E-state index contributed by atoms with van der Waals surface area (Å²) in [7, 11) is 0. The maximum absolute atomic E-state index is 8.83. The monoisotopic (exact) mass is 475 g/mol. The molecular formula is C22H21N9O2S. The van der Waals surface area contributed by atoms with Crippen molar-refractivity contribution >= 4 is 28.1 Å². The number of ether oxygens (including phenoxy) is 1. The van der Waals surface area contributed by atoms with E-state index in [4.69, 9.17) is 9.84 Å². The van der Waals surface area contributed by atoms with Crippen LogP contribution in [0.15, 0.2) is 48.7 Å². The number of aliphatic hydroxyl groups is 1. The standard InChI is InChI=1S/C22H21N9O2S/c32-9-6-23-19-12-16(15-30-7-10-33-11-8-30)13-20(25-19)26-22-24-14-18(34-22)21-27-29-31(28-21)17-4-2-1-3-5-17/h1-5,12-14,32H,7-8,10-11,15H2,(H2,23,24,25,26). The Kier molecular flexibility index (Phi) is 6.57. The fraction of sp³-hybridized carbons (Fsp3) is 0.227. The van der Waals surface area contributed by atoms with Gasteiger partial charge in [0.05, 0.1) is 36.0 Å².